The SMILES string of the molecule is COC(=O)c1cc(O)c2cccc(C=O)c2c1. The normalized spacial score (nSPS) is 10.2. The third-order valence-corrected chi connectivity index (χ3v) is 2.56. The summed E-state index contributed by atoms with van der Waals surface area (Å²) in [7, 11) is 1.26. The second kappa shape index (κ2) is 4.25. The number of ether oxygens (including phenoxy) is 1. The van der Waals surface area contributed by atoms with Crippen LogP contribution in [0.25, 0.3) is 10.8 Å². The van der Waals surface area contributed by atoms with Gasteiger partial charge >= 0.3 is 5.97 Å². The van der Waals surface area contributed by atoms with E-state index < -0.39 is 5.97 Å². The molecular weight excluding hydrogens is 220 g/mol. The van der Waals surface area contributed by atoms with Crippen LogP contribution in [0.1, 0.15) is 20.7 Å². The van der Waals surface area contributed by atoms with Crippen molar-refractivity contribution in [3.63, 3.8) is 0 Å². The van der Waals surface area contributed by atoms with Crippen molar-refractivity contribution in [3.05, 3.63) is 41.5 Å². The Balaban J connectivity index is 2.78. The lowest BCUT2D eigenvalue weighted by molar-refractivity contribution is 0.0600. The second-order valence-electron chi connectivity index (χ2n) is 3.55. The van der Waals surface area contributed by atoms with E-state index in [9.17, 15) is 14.7 Å². The molecule has 0 aromatic heterocycles. The van der Waals surface area contributed by atoms with Crippen LogP contribution in [0.3, 0.4) is 0 Å². The smallest absolute Gasteiger partial charge is 0.338 e. The van der Waals surface area contributed by atoms with Gasteiger partial charge in [-0.15, -0.1) is 0 Å². The summed E-state index contributed by atoms with van der Waals surface area (Å²) in [5.74, 6) is -0.602. The Hall–Kier alpha value is -2.36. The average Bonchev–Trinajstić information content (AvgIpc) is 2.37. The number of rotatable bonds is 2. The van der Waals surface area contributed by atoms with Gasteiger partial charge in [-0.2, -0.15) is 0 Å². The number of benzene rings is 2. The predicted octanol–water partition coefficient (Wildman–Crippen LogP) is 2.14. The van der Waals surface area contributed by atoms with Crippen LogP contribution < -0.4 is 0 Å². The van der Waals surface area contributed by atoms with Gasteiger partial charge < -0.3 is 9.84 Å². The van der Waals surface area contributed by atoms with Gasteiger partial charge in [-0.05, 0) is 17.5 Å². The number of phenols is 1. The summed E-state index contributed by atoms with van der Waals surface area (Å²) in [6, 6.07) is 7.82. The number of phenolic OH excluding ortho intramolecular Hbond substituents is 1. The Bertz CT molecular complexity index is 602. The van der Waals surface area contributed by atoms with Crippen LogP contribution in [0, 0.1) is 0 Å². The minimum absolute atomic E-state index is 0.0494. The quantitative estimate of drug-likeness (QED) is 0.634. The largest absolute Gasteiger partial charge is 0.507 e. The van der Waals surface area contributed by atoms with Gasteiger partial charge in [0.25, 0.3) is 0 Å². The summed E-state index contributed by atoms with van der Waals surface area (Å²) in [6.07, 6.45) is 0.683. The molecule has 0 heterocycles. The minimum atomic E-state index is -0.553. The van der Waals surface area contributed by atoms with Crippen LogP contribution in [-0.4, -0.2) is 24.5 Å². The standard InChI is InChI=1S/C13H10O4/c1-17-13(16)9-5-11-8(7-14)3-2-4-10(11)12(15)6-9/h2-7,15H,1H3. The first-order valence-corrected chi connectivity index (χ1v) is 4.96. The lowest BCUT2D eigenvalue weighted by Crippen LogP contribution is -2.01. The van der Waals surface area contributed by atoms with Crippen LogP contribution >= 0.6 is 0 Å². The summed E-state index contributed by atoms with van der Waals surface area (Å²) in [4.78, 5) is 22.3. The highest BCUT2D eigenvalue weighted by atomic mass is 16.5. The molecule has 2 aromatic rings. The minimum Gasteiger partial charge on any atom is -0.507 e. The van der Waals surface area contributed by atoms with E-state index in [4.69, 9.17) is 0 Å². The maximum atomic E-state index is 11.4. The summed E-state index contributed by atoms with van der Waals surface area (Å²) >= 11 is 0. The van der Waals surface area contributed by atoms with E-state index in [0.29, 0.717) is 22.6 Å². The maximum Gasteiger partial charge on any atom is 0.338 e. The molecular formula is C13H10O4. The Morgan fingerprint density at radius 2 is 2.06 bits per heavy atom. The summed E-state index contributed by atoms with van der Waals surface area (Å²) < 4.78 is 4.58. The average molecular weight is 230 g/mol. The monoisotopic (exact) mass is 230 g/mol. The summed E-state index contributed by atoms with van der Waals surface area (Å²) in [5, 5.41) is 10.9. The van der Waals surface area contributed by atoms with Gasteiger partial charge in [0.15, 0.2) is 6.29 Å². The molecule has 4 heteroatoms. The van der Waals surface area contributed by atoms with E-state index in [0.717, 1.165) is 0 Å². The number of hydrogen-bond acceptors (Lipinski definition) is 4. The van der Waals surface area contributed by atoms with Crippen LogP contribution in [0.5, 0.6) is 5.75 Å². The molecule has 0 aliphatic carbocycles. The predicted molar refractivity (Wildman–Crippen MR) is 62.3 cm³/mol. The summed E-state index contributed by atoms with van der Waals surface area (Å²) in [6.45, 7) is 0. The van der Waals surface area contributed by atoms with E-state index in [1.165, 1.54) is 19.2 Å². The summed E-state index contributed by atoms with van der Waals surface area (Å²) in [5.41, 5.74) is 0.635. The Morgan fingerprint density at radius 1 is 1.29 bits per heavy atom. The van der Waals surface area contributed by atoms with Crippen molar-refractivity contribution in [1.29, 1.82) is 0 Å². The number of fused-ring (bicyclic) bond motifs is 1. The zero-order chi connectivity index (χ0) is 12.4. The fourth-order valence-corrected chi connectivity index (χ4v) is 1.73. The third-order valence-electron chi connectivity index (χ3n) is 2.56. The molecule has 4 nitrogen and oxygen atoms in total. The molecule has 0 amide bonds. The maximum absolute atomic E-state index is 11.4. The second-order valence-corrected chi connectivity index (χ2v) is 3.55. The fourth-order valence-electron chi connectivity index (χ4n) is 1.73. The number of methoxy groups -OCH3 is 1. The van der Waals surface area contributed by atoms with Crippen molar-refractivity contribution in [3.8, 4) is 5.75 Å². The molecule has 1 N–H and O–H groups in total. The van der Waals surface area contributed by atoms with E-state index >= 15 is 0 Å². The highest BCUT2D eigenvalue weighted by Crippen LogP contribution is 2.28. The number of aldehydes is 1. The molecule has 0 saturated heterocycles. The Morgan fingerprint density at radius 3 is 2.71 bits per heavy atom. The molecule has 0 aliphatic rings. The van der Waals surface area contributed by atoms with Crippen molar-refractivity contribution in [1.82, 2.24) is 0 Å². The van der Waals surface area contributed by atoms with Gasteiger partial charge in [0.05, 0.1) is 12.7 Å². The van der Waals surface area contributed by atoms with Crippen LogP contribution in [-0.2, 0) is 4.74 Å². The van der Waals surface area contributed by atoms with Gasteiger partial charge in [0, 0.05) is 10.9 Å². The molecule has 0 aliphatic heterocycles. The van der Waals surface area contributed by atoms with Crippen molar-refractivity contribution < 1.29 is 19.4 Å². The third kappa shape index (κ3) is 1.85. The lowest BCUT2D eigenvalue weighted by Gasteiger charge is -2.06. The molecule has 2 rings (SSSR count). The van der Waals surface area contributed by atoms with Crippen molar-refractivity contribution >= 4 is 23.0 Å². The van der Waals surface area contributed by atoms with E-state index in [1.54, 1.807) is 18.2 Å². The number of carbonyl (C=O) groups excluding carboxylic acids is 2. The topological polar surface area (TPSA) is 63.6 Å². The highest BCUT2D eigenvalue weighted by Gasteiger charge is 2.11. The fraction of sp³-hybridized carbons (Fsp3) is 0.0769. The van der Waals surface area contributed by atoms with Crippen molar-refractivity contribution in [2.75, 3.05) is 7.11 Å². The molecule has 17 heavy (non-hydrogen) atoms. The first-order valence-electron chi connectivity index (χ1n) is 4.96. The lowest BCUT2D eigenvalue weighted by atomic mass is 10.0. The molecule has 0 fully saturated rings. The van der Waals surface area contributed by atoms with Crippen LogP contribution in [0.4, 0.5) is 0 Å². The van der Waals surface area contributed by atoms with Gasteiger partial charge in [-0.1, -0.05) is 18.2 Å². The van der Waals surface area contributed by atoms with Crippen molar-refractivity contribution in [2.24, 2.45) is 0 Å². The van der Waals surface area contributed by atoms with Crippen LogP contribution in [0.2, 0.25) is 0 Å². The molecule has 2 aromatic carbocycles. The number of aromatic hydroxyl groups is 1. The van der Waals surface area contributed by atoms with E-state index in [1.807, 2.05) is 0 Å². The van der Waals surface area contributed by atoms with Gasteiger partial charge in [-0.3, -0.25) is 4.79 Å². The van der Waals surface area contributed by atoms with Gasteiger partial charge in [0.1, 0.15) is 5.75 Å². The number of esters is 1. The van der Waals surface area contributed by atoms with E-state index in [2.05, 4.69) is 4.74 Å². The van der Waals surface area contributed by atoms with Crippen LogP contribution in [0.15, 0.2) is 30.3 Å². The highest BCUT2D eigenvalue weighted by molar-refractivity contribution is 6.04. The molecule has 0 atom stereocenters. The molecule has 0 saturated carbocycles. The molecule has 0 unspecified atom stereocenters. The van der Waals surface area contributed by atoms with Gasteiger partial charge in [-0.25, -0.2) is 4.79 Å². The molecule has 86 valence electrons. The van der Waals surface area contributed by atoms with E-state index in [-0.39, 0.29) is 11.3 Å². The number of hydrogen-bond donors (Lipinski definition) is 1. The number of carbonyl (C=O) groups is 2. The zero-order valence-corrected chi connectivity index (χ0v) is 9.14. The first kappa shape index (κ1) is 11.1. The molecule has 0 spiro atoms. The Labute approximate surface area is 97.4 Å². The van der Waals surface area contributed by atoms with Gasteiger partial charge in [0.2, 0.25) is 0 Å². The van der Waals surface area contributed by atoms with Crippen molar-refractivity contribution in [2.45, 2.75) is 0 Å². The molecule has 0 radical (unpaired) electrons. The Kier molecular flexibility index (Phi) is 2.78. The first-order chi connectivity index (χ1) is 8.17. The molecule has 0 bridgehead atoms. The zero-order valence-electron chi connectivity index (χ0n) is 9.14.